The first-order valence-electron chi connectivity index (χ1n) is 6.80. The highest BCUT2D eigenvalue weighted by atomic mass is 19.1. The van der Waals surface area contributed by atoms with Crippen molar-refractivity contribution >= 4 is 5.97 Å². The molecule has 0 radical (unpaired) electrons. The minimum absolute atomic E-state index is 0.254. The molecule has 1 saturated heterocycles. The van der Waals surface area contributed by atoms with Crippen LogP contribution >= 0.6 is 0 Å². The van der Waals surface area contributed by atoms with Crippen LogP contribution in [0.15, 0.2) is 24.3 Å². The van der Waals surface area contributed by atoms with Gasteiger partial charge < -0.3 is 5.11 Å². The van der Waals surface area contributed by atoms with Gasteiger partial charge in [0.1, 0.15) is 11.4 Å². The van der Waals surface area contributed by atoms with Crippen LogP contribution in [0.4, 0.5) is 4.39 Å². The number of carbonyl (C=O) groups is 1. The number of carboxylic acids is 1. The number of likely N-dealkylation sites (tertiary alicyclic amines) is 1. The summed E-state index contributed by atoms with van der Waals surface area (Å²) in [6.07, 6.45) is 4.17. The van der Waals surface area contributed by atoms with Gasteiger partial charge in [-0.1, -0.05) is 31.0 Å². The molecule has 1 aromatic carbocycles. The molecule has 4 heteroatoms. The van der Waals surface area contributed by atoms with Crippen LogP contribution in [-0.2, 0) is 10.3 Å². The monoisotopic (exact) mass is 265 g/mol. The molecule has 0 aliphatic carbocycles. The second kappa shape index (κ2) is 5.70. The van der Waals surface area contributed by atoms with Gasteiger partial charge in [-0.05, 0) is 38.9 Å². The Labute approximate surface area is 113 Å². The van der Waals surface area contributed by atoms with E-state index in [1.54, 1.807) is 25.1 Å². The third-order valence-electron chi connectivity index (χ3n) is 4.05. The van der Waals surface area contributed by atoms with Crippen molar-refractivity contribution in [3.05, 3.63) is 35.6 Å². The number of benzene rings is 1. The van der Waals surface area contributed by atoms with Crippen LogP contribution in [0.25, 0.3) is 0 Å². The number of halogens is 1. The molecule has 1 aliphatic rings. The maximum atomic E-state index is 14.0. The fourth-order valence-electron chi connectivity index (χ4n) is 2.79. The molecule has 2 rings (SSSR count). The molecule has 0 aromatic heterocycles. The van der Waals surface area contributed by atoms with Gasteiger partial charge in [0.2, 0.25) is 0 Å². The minimum Gasteiger partial charge on any atom is -0.480 e. The Morgan fingerprint density at radius 2 is 1.79 bits per heavy atom. The second-order valence-electron chi connectivity index (χ2n) is 5.26. The van der Waals surface area contributed by atoms with Gasteiger partial charge in [-0.15, -0.1) is 0 Å². The van der Waals surface area contributed by atoms with E-state index >= 15 is 0 Å². The Balaban J connectivity index is 2.42. The summed E-state index contributed by atoms with van der Waals surface area (Å²) in [6, 6.07) is 6.18. The Morgan fingerprint density at radius 1 is 1.21 bits per heavy atom. The van der Waals surface area contributed by atoms with Crippen molar-refractivity contribution in [3.63, 3.8) is 0 Å². The number of hydrogen-bond donors (Lipinski definition) is 1. The maximum Gasteiger partial charge on any atom is 0.328 e. The number of aliphatic carboxylic acids is 1. The van der Waals surface area contributed by atoms with E-state index in [4.69, 9.17) is 0 Å². The Bertz CT molecular complexity index is 455. The summed E-state index contributed by atoms with van der Waals surface area (Å²) in [5.41, 5.74) is -1.03. The Kier molecular flexibility index (Phi) is 4.20. The summed E-state index contributed by atoms with van der Waals surface area (Å²) in [5, 5.41) is 9.65. The van der Waals surface area contributed by atoms with Crippen LogP contribution in [0.1, 0.15) is 38.2 Å². The van der Waals surface area contributed by atoms with Crippen LogP contribution < -0.4 is 0 Å². The first-order chi connectivity index (χ1) is 9.06. The van der Waals surface area contributed by atoms with Gasteiger partial charge in [-0.3, -0.25) is 4.90 Å². The summed E-state index contributed by atoms with van der Waals surface area (Å²) in [4.78, 5) is 13.7. The summed E-state index contributed by atoms with van der Waals surface area (Å²) < 4.78 is 14.0. The predicted molar refractivity (Wildman–Crippen MR) is 71.4 cm³/mol. The third kappa shape index (κ3) is 2.63. The SMILES string of the molecule is CC(C(=O)O)(c1ccccc1F)N1CCCCCC1. The van der Waals surface area contributed by atoms with Crippen LogP contribution in [0.3, 0.4) is 0 Å². The molecular weight excluding hydrogens is 245 g/mol. The molecule has 0 bridgehead atoms. The average Bonchev–Trinajstić information content (AvgIpc) is 2.67. The largest absolute Gasteiger partial charge is 0.480 e. The quantitative estimate of drug-likeness (QED) is 0.913. The van der Waals surface area contributed by atoms with Gasteiger partial charge >= 0.3 is 5.97 Å². The van der Waals surface area contributed by atoms with E-state index in [2.05, 4.69) is 0 Å². The van der Waals surface area contributed by atoms with Crippen molar-refractivity contribution in [2.75, 3.05) is 13.1 Å². The lowest BCUT2D eigenvalue weighted by atomic mass is 9.89. The number of hydrogen-bond acceptors (Lipinski definition) is 2. The highest BCUT2D eigenvalue weighted by molar-refractivity contribution is 5.80. The van der Waals surface area contributed by atoms with E-state index in [-0.39, 0.29) is 5.56 Å². The lowest BCUT2D eigenvalue weighted by Crippen LogP contribution is -2.50. The van der Waals surface area contributed by atoms with Gasteiger partial charge in [0.25, 0.3) is 0 Å². The van der Waals surface area contributed by atoms with Crippen molar-refractivity contribution in [2.45, 2.75) is 38.1 Å². The topological polar surface area (TPSA) is 40.5 Å². The normalized spacial score (nSPS) is 20.5. The fraction of sp³-hybridized carbons (Fsp3) is 0.533. The fourth-order valence-corrected chi connectivity index (χ4v) is 2.79. The molecule has 0 saturated carbocycles. The lowest BCUT2D eigenvalue weighted by molar-refractivity contribution is -0.151. The standard InChI is InChI=1S/C15H20FNO2/c1-15(14(18)19,12-8-4-5-9-13(12)16)17-10-6-2-3-7-11-17/h4-5,8-9H,2-3,6-7,10-11H2,1H3,(H,18,19). The van der Waals surface area contributed by atoms with Gasteiger partial charge in [0, 0.05) is 5.56 Å². The molecule has 104 valence electrons. The molecule has 3 nitrogen and oxygen atoms in total. The van der Waals surface area contributed by atoms with E-state index in [0.29, 0.717) is 13.1 Å². The zero-order chi connectivity index (χ0) is 13.9. The number of nitrogens with zero attached hydrogens (tertiary/aromatic N) is 1. The van der Waals surface area contributed by atoms with Crippen LogP contribution in [0, 0.1) is 5.82 Å². The van der Waals surface area contributed by atoms with Gasteiger partial charge in [0.15, 0.2) is 0 Å². The Hall–Kier alpha value is -1.42. The molecule has 0 spiro atoms. The highest BCUT2D eigenvalue weighted by Crippen LogP contribution is 2.32. The maximum absolute atomic E-state index is 14.0. The molecule has 1 aliphatic heterocycles. The van der Waals surface area contributed by atoms with Gasteiger partial charge in [-0.25, -0.2) is 9.18 Å². The number of carboxylic acid groups (broad SMARTS) is 1. The van der Waals surface area contributed by atoms with E-state index in [1.807, 2.05) is 4.90 Å². The molecular formula is C15H20FNO2. The average molecular weight is 265 g/mol. The summed E-state index contributed by atoms with van der Waals surface area (Å²) in [5.74, 6) is -1.43. The molecule has 0 amide bonds. The van der Waals surface area contributed by atoms with Crippen molar-refractivity contribution in [2.24, 2.45) is 0 Å². The van der Waals surface area contributed by atoms with E-state index in [1.165, 1.54) is 6.07 Å². The molecule has 1 atom stereocenters. The zero-order valence-electron chi connectivity index (χ0n) is 11.2. The van der Waals surface area contributed by atoms with Crippen molar-refractivity contribution < 1.29 is 14.3 Å². The zero-order valence-corrected chi connectivity index (χ0v) is 11.2. The lowest BCUT2D eigenvalue weighted by Gasteiger charge is -2.37. The first kappa shape index (κ1) is 14.0. The minimum atomic E-state index is -1.28. The molecule has 19 heavy (non-hydrogen) atoms. The molecule has 1 unspecified atom stereocenters. The third-order valence-corrected chi connectivity index (χ3v) is 4.05. The predicted octanol–water partition coefficient (Wildman–Crippen LogP) is 3.00. The summed E-state index contributed by atoms with van der Waals surface area (Å²) in [6.45, 7) is 3.02. The second-order valence-corrected chi connectivity index (χ2v) is 5.26. The van der Waals surface area contributed by atoms with E-state index < -0.39 is 17.3 Å². The Morgan fingerprint density at radius 3 is 2.32 bits per heavy atom. The van der Waals surface area contributed by atoms with E-state index in [0.717, 1.165) is 25.7 Å². The summed E-state index contributed by atoms with van der Waals surface area (Å²) in [7, 11) is 0. The van der Waals surface area contributed by atoms with Gasteiger partial charge in [0.05, 0.1) is 0 Å². The highest BCUT2D eigenvalue weighted by Gasteiger charge is 2.43. The smallest absolute Gasteiger partial charge is 0.328 e. The van der Waals surface area contributed by atoms with Crippen LogP contribution in [-0.4, -0.2) is 29.1 Å². The molecule has 1 fully saturated rings. The van der Waals surface area contributed by atoms with Crippen molar-refractivity contribution in [1.29, 1.82) is 0 Å². The van der Waals surface area contributed by atoms with Crippen LogP contribution in [0.2, 0.25) is 0 Å². The first-order valence-corrected chi connectivity index (χ1v) is 6.80. The van der Waals surface area contributed by atoms with Gasteiger partial charge in [-0.2, -0.15) is 0 Å². The molecule has 1 heterocycles. The summed E-state index contributed by atoms with van der Waals surface area (Å²) >= 11 is 0. The van der Waals surface area contributed by atoms with Crippen LogP contribution in [0.5, 0.6) is 0 Å². The van der Waals surface area contributed by atoms with E-state index in [9.17, 15) is 14.3 Å². The number of rotatable bonds is 3. The van der Waals surface area contributed by atoms with Crippen molar-refractivity contribution in [3.8, 4) is 0 Å². The molecule has 1 aromatic rings. The van der Waals surface area contributed by atoms with Crippen molar-refractivity contribution in [1.82, 2.24) is 4.90 Å². The molecule has 1 N–H and O–H groups in total.